The van der Waals surface area contributed by atoms with Gasteiger partial charge in [-0.05, 0) is 90.0 Å². The maximum Gasteiger partial charge on any atom is 0.162 e. The van der Waals surface area contributed by atoms with Crippen LogP contribution >= 0.6 is 11.3 Å². The van der Waals surface area contributed by atoms with E-state index in [1.54, 1.807) is 11.3 Å². The van der Waals surface area contributed by atoms with E-state index in [1.807, 2.05) is 12.1 Å². The largest absolute Gasteiger partial charge is 0.456 e. The van der Waals surface area contributed by atoms with Gasteiger partial charge in [-0.3, -0.25) is 4.57 Å². The molecule has 0 aliphatic rings. The number of aliphatic imine (C=N–C) groups is 2. The van der Waals surface area contributed by atoms with E-state index in [1.165, 1.54) is 31.6 Å². The number of nitrogens with zero attached hydrogens (tertiary/aromatic N) is 4. The van der Waals surface area contributed by atoms with Crippen LogP contribution in [0, 0.1) is 0 Å². The summed E-state index contributed by atoms with van der Waals surface area (Å²) < 4.78 is 13.3. The Balaban J connectivity index is 1.11. The van der Waals surface area contributed by atoms with Crippen LogP contribution in [0.2, 0.25) is 0 Å². The van der Waals surface area contributed by atoms with Crippen LogP contribution in [0.15, 0.2) is 209 Å². The van der Waals surface area contributed by atoms with Crippen LogP contribution in [0.4, 0.5) is 0 Å². The molecule has 0 saturated carbocycles. The molecule has 4 heterocycles. The molecule has 0 amide bonds. The standard InChI is InChI=1S/C57H36N4OS/c1-34(36-27-28-44-43-20-8-13-25-52(43)62-53(44)31-36)58-57(59-35(2)60-48-22-10-5-17-40(48)41-18-6-11-23-49(41)60)47-32-39(33-55-56(47)45-21-9-14-26-54(45)63-55)61-50-24-12-7-19-42(50)46-29-37-15-3-4-16-38(37)30-51(46)61/h3-33H,2H2,1H3. The lowest BCUT2D eigenvalue weighted by atomic mass is 10.0. The zero-order chi connectivity index (χ0) is 41.8. The number of benzene rings is 9. The lowest BCUT2D eigenvalue weighted by Crippen LogP contribution is -2.07. The van der Waals surface area contributed by atoms with Crippen molar-refractivity contribution < 1.29 is 4.42 Å². The fourth-order valence-electron chi connectivity index (χ4n) is 9.77. The predicted octanol–water partition coefficient (Wildman–Crippen LogP) is 15.7. The SMILES string of the molecule is C=C(N=C(N=C(C)c1ccc2c(c1)oc1ccccc12)c1cc(-n2c3ccccc3c3cc4ccccc4cc32)cc2sc3ccccc3c12)n1c2ccccc2c2ccccc21. The molecule has 296 valence electrons. The van der Waals surface area contributed by atoms with Crippen molar-refractivity contribution in [3.05, 3.63) is 206 Å². The van der Waals surface area contributed by atoms with E-state index < -0.39 is 0 Å². The van der Waals surface area contributed by atoms with Crippen molar-refractivity contribution in [1.82, 2.24) is 9.13 Å². The molecule has 6 heteroatoms. The minimum Gasteiger partial charge on any atom is -0.456 e. The average molecular weight is 825 g/mol. The van der Waals surface area contributed by atoms with Crippen molar-refractivity contribution in [2.24, 2.45) is 9.98 Å². The Hall–Kier alpha value is -8.06. The van der Waals surface area contributed by atoms with Gasteiger partial charge in [0, 0.05) is 69.5 Å². The summed E-state index contributed by atoms with van der Waals surface area (Å²) in [7, 11) is 0. The minimum absolute atomic E-state index is 0.575. The maximum absolute atomic E-state index is 6.37. The first-order valence-electron chi connectivity index (χ1n) is 21.2. The molecule has 0 aliphatic heterocycles. The number of para-hydroxylation sites is 4. The van der Waals surface area contributed by atoms with Crippen molar-refractivity contribution in [2.75, 3.05) is 0 Å². The third-order valence-corrected chi connectivity index (χ3v) is 13.8. The van der Waals surface area contributed by atoms with Gasteiger partial charge in [-0.15, -0.1) is 11.3 Å². The summed E-state index contributed by atoms with van der Waals surface area (Å²) in [4.78, 5) is 11.1. The number of rotatable bonds is 5. The summed E-state index contributed by atoms with van der Waals surface area (Å²) in [5.41, 5.74) is 9.79. The van der Waals surface area contributed by atoms with E-state index in [0.29, 0.717) is 11.7 Å². The van der Waals surface area contributed by atoms with E-state index in [9.17, 15) is 0 Å². The van der Waals surface area contributed by atoms with Crippen molar-refractivity contribution in [3.63, 3.8) is 0 Å². The molecule has 0 aliphatic carbocycles. The van der Waals surface area contributed by atoms with Gasteiger partial charge in [0.1, 0.15) is 17.0 Å². The Morgan fingerprint density at radius 2 is 1.10 bits per heavy atom. The highest BCUT2D eigenvalue weighted by atomic mass is 32.1. The maximum atomic E-state index is 6.37. The Labute approximate surface area is 365 Å². The Kier molecular flexibility index (Phi) is 7.77. The first kappa shape index (κ1) is 35.7. The molecule has 4 aromatic heterocycles. The normalized spacial score (nSPS) is 12.8. The van der Waals surface area contributed by atoms with Crippen LogP contribution in [0.1, 0.15) is 18.1 Å². The Bertz CT molecular complexity index is 4080. The Morgan fingerprint density at radius 3 is 1.86 bits per heavy atom. The highest BCUT2D eigenvalue weighted by Gasteiger charge is 2.21. The molecule has 13 aromatic rings. The average Bonchev–Trinajstić information content (AvgIpc) is 4.07. The minimum atomic E-state index is 0.575. The molecule has 0 fully saturated rings. The second-order valence-electron chi connectivity index (χ2n) is 16.3. The summed E-state index contributed by atoms with van der Waals surface area (Å²) in [6.45, 7) is 6.77. The molecular formula is C57H36N4OS. The van der Waals surface area contributed by atoms with E-state index in [4.69, 9.17) is 21.0 Å². The second-order valence-corrected chi connectivity index (χ2v) is 17.3. The number of aromatic nitrogens is 2. The van der Waals surface area contributed by atoms with Gasteiger partial charge in [0.15, 0.2) is 5.84 Å². The first-order valence-corrected chi connectivity index (χ1v) is 22.0. The van der Waals surface area contributed by atoms with E-state index >= 15 is 0 Å². The van der Waals surface area contributed by atoms with Gasteiger partial charge in [0.2, 0.25) is 0 Å². The molecule has 0 saturated heterocycles. The predicted molar refractivity (Wildman–Crippen MR) is 268 cm³/mol. The van der Waals surface area contributed by atoms with Crippen LogP contribution in [-0.2, 0) is 0 Å². The second kappa shape index (κ2) is 13.7. The monoisotopic (exact) mass is 824 g/mol. The molecule has 0 unspecified atom stereocenters. The van der Waals surface area contributed by atoms with Gasteiger partial charge in [0.05, 0.1) is 22.1 Å². The topological polar surface area (TPSA) is 47.7 Å². The van der Waals surface area contributed by atoms with Crippen LogP contribution in [0.25, 0.3) is 108 Å². The molecule has 13 rings (SSSR count). The fraction of sp³-hybridized carbons (Fsp3) is 0.0175. The van der Waals surface area contributed by atoms with Crippen molar-refractivity contribution in [1.29, 1.82) is 0 Å². The Morgan fingerprint density at radius 1 is 0.492 bits per heavy atom. The first-order chi connectivity index (χ1) is 31.1. The zero-order valence-electron chi connectivity index (χ0n) is 34.2. The number of hydrogen-bond donors (Lipinski definition) is 0. The van der Waals surface area contributed by atoms with Crippen LogP contribution in [-0.4, -0.2) is 20.7 Å². The number of fused-ring (bicyclic) bond motifs is 13. The third kappa shape index (κ3) is 5.48. The summed E-state index contributed by atoms with van der Waals surface area (Å²) >= 11 is 1.80. The van der Waals surface area contributed by atoms with Crippen LogP contribution in [0.3, 0.4) is 0 Å². The summed E-state index contributed by atoms with van der Waals surface area (Å²) in [6.07, 6.45) is 0. The highest BCUT2D eigenvalue weighted by Crippen LogP contribution is 2.42. The number of furan rings is 1. The molecule has 0 bridgehead atoms. The van der Waals surface area contributed by atoms with E-state index in [2.05, 4.69) is 192 Å². The lowest BCUT2D eigenvalue weighted by molar-refractivity contribution is 0.669. The molecule has 0 N–H and O–H groups in total. The van der Waals surface area contributed by atoms with Gasteiger partial charge in [-0.25, -0.2) is 9.98 Å². The number of amidine groups is 1. The smallest absolute Gasteiger partial charge is 0.162 e. The van der Waals surface area contributed by atoms with Gasteiger partial charge < -0.3 is 8.98 Å². The molecule has 9 aromatic carbocycles. The van der Waals surface area contributed by atoms with Crippen molar-refractivity contribution in [2.45, 2.75) is 6.92 Å². The molecule has 0 atom stereocenters. The number of thiophene rings is 1. The molecular weight excluding hydrogens is 789 g/mol. The van der Waals surface area contributed by atoms with Crippen molar-refractivity contribution in [3.8, 4) is 5.69 Å². The van der Waals surface area contributed by atoms with Gasteiger partial charge >= 0.3 is 0 Å². The summed E-state index contributed by atoms with van der Waals surface area (Å²) in [5, 5.41) is 11.6. The van der Waals surface area contributed by atoms with E-state index in [-0.39, 0.29) is 0 Å². The molecule has 0 radical (unpaired) electrons. The van der Waals surface area contributed by atoms with E-state index in [0.717, 1.165) is 87.4 Å². The van der Waals surface area contributed by atoms with Gasteiger partial charge in [0.25, 0.3) is 0 Å². The molecule has 5 nitrogen and oxygen atoms in total. The van der Waals surface area contributed by atoms with Gasteiger partial charge in [-0.2, -0.15) is 0 Å². The lowest BCUT2D eigenvalue weighted by Gasteiger charge is -2.14. The van der Waals surface area contributed by atoms with Crippen molar-refractivity contribution >= 4 is 125 Å². The number of hydrogen-bond acceptors (Lipinski definition) is 3. The van der Waals surface area contributed by atoms with Gasteiger partial charge in [-0.1, -0.05) is 128 Å². The van der Waals surface area contributed by atoms with Crippen LogP contribution < -0.4 is 0 Å². The molecule has 0 spiro atoms. The molecule has 63 heavy (non-hydrogen) atoms. The summed E-state index contributed by atoms with van der Waals surface area (Å²) in [6, 6.07) is 66.8. The van der Waals surface area contributed by atoms with Crippen LogP contribution in [0.5, 0.6) is 0 Å². The quantitative estimate of drug-likeness (QED) is 0.126. The third-order valence-electron chi connectivity index (χ3n) is 12.6. The zero-order valence-corrected chi connectivity index (χ0v) is 35.0. The fourth-order valence-corrected chi connectivity index (χ4v) is 10.9. The highest BCUT2D eigenvalue weighted by molar-refractivity contribution is 7.26. The summed E-state index contributed by atoms with van der Waals surface area (Å²) in [5.74, 6) is 1.15.